The van der Waals surface area contributed by atoms with Crippen molar-refractivity contribution in [3.8, 4) is 0 Å². The number of aromatic amines is 1. The van der Waals surface area contributed by atoms with Gasteiger partial charge in [0.2, 0.25) is 0 Å². The van der Waals surface area contributed by atoms with Crippen molar-refractivity contribution in [3.05, 3.63) is 45.1 Å². The fourth-order valence-electron chi connectivity index (χ4n) is 1.67. The number of nitrogens with zero attached hydrogens (tertiary/aromatic N) is 1. The number of fused-ring (bicyclic) bond motifs is 1. The summed E-state index contributed by atoms with van der Waals surface area (Å²) in [7, 11) is 0. The van der Waals surface area contributed by atoms with E-state index in [4.69, 9.17) is 0 Å². The van der Waals surface area contributed by atoms with Crippen LogP contribution in [0.15, 0.2) is 33.9 Å². The van der Waals surface area contributed by atoms with Crippen LogP contribution in [0.4, 0.5) is 0 Å². The summed E-state index contributed by atoms with van der Waals surface area (Å²) in [5.41, 5.74) is -0.317. The van der Waals surface area contributed by atoms with Gasteiger partial charge >= 0.3 is 5.69 Å². The molecule has 17 heavy (non-hydrogen) atoms. The average Bonchev–Trinajstić information content (AvgIpc) is 2.28. The zero-order valence-electron chi connectivity index (χ0n) is 9.40. The predicted molar refractivity (Wildman–Crippen MR) is 64.1 cm³/mol. The lowest BCUT2D eigenvalue weighted by Gasteiger charge is -2.04. The topological polar surface area (TPSA) is 71.9 Å². The smallest absolute Gasteiger partial charge is 0.307 e. The van der Waals surface area contributed by atoms with Crippen LogP contribution < -0.4 is 11.2 Å². The summed E-state index contributed by atoms with van der Waals surface area (Å²) in [5.74, 6) is -0.0514. The normalized spacial score (nSPS) is 10.6. The van der Waals surface area contributed by atoms with Crippen LogP contribution in [0, 0.1) is 0 Å². The Morgan fingerprint density at radius 2 is 2.00 bits per heavy atom. The highest BCUT2D eigenvalue weighted by Gasteiger charge is 2.07. The molecule has 0 saturated heterocycles. The number of Topliss-reactive ketones (excluding diaryl/α,β-unsaturated/α-hetero) is 1. The maximum atomic E-state index is 12.0. The molecule has 0 fully saturated rings. The van der Waals surface area contributed by atoms with Crippen molar-refractivity contribution in [2.75, 3.05) is 0 Å². The van der Waals surface area contributed by atoms with Gasteiger partial charge in [0, 0.05) is 13.0 Å². The molecule has 2 rings (SSSR count). The number of nitrogens with one attached hydrogen (secondary N) is 1. The molecule has 0 bridgehead atoms. The fourth-order valence-corrected chi connectivity index (χ4v) is 1.67. The van der Waals surface area contributed by atoms with E-state index in [1.165, 1.54) is 6.92 Å². The molecule has 1 aromatic heterocycles. The molecule has 0 aliphatic heterocycles. The molecule has 0 unspecified atom stereocenters. The molecule has 1 N–H and O–H groups in total. The van der Waals surface area contributed by atoms with Gasteiger partial charge in [-0.1, -0.05) is 12.1 Å². The van der Waals surface area contributed by atoms with Crippen molar-refractivity contribution in [2.24, 2.45) is 0 Å². The van der Waals surface area contributed by atoms with Gasteiger partial charge in [-0.05, 0) is 19.1 Å². The molecule has 1 heterocycles. The van der Waals surface area contributed by atoms with E-state index in [1.807, 2.05) is 0 Å². The molecule has 0 amide bonds. The third-order valence-corrected chi connectivity index (χ3v) is 2.58. The monoisotopic (exact) mass is 232 g/mol. The summed E-state index contributed by atoms with van der Waals surface area (Å²) in [6, 6.07) is 6.81. The summed E-state index contributed by atoms with van der Waals surface area (Å²) in [4.78, 5) is 37.2. The van der Waals surface area contributed by atoms with Gasteiger partial charge in [0.05, 0.1) is 10.9 Å². The molecule has 2 aromatic rings. The third-order valence-electron chi connectivity index (χ3n) is 2.58. The summed E-state index contributed by atoms with van der Waals surface area (Å²) < 4.78 is 1.06. The van der Waals surface area contributed by atoms with E-state index < -0.39 is 5.69 Å². The molecule has 0 atom stereocenters. The highest BCUT2D eigenvalue weighted by Crippen LogP contribution is 2.02. The maximum Gasteiger partial charge on any atom is 0.328 e. The van der Waals surface area contributed by atoms with Crippen molar-refractivity contribution in [2.45, 2.75) is 19.9 Å². The molecule has 0 radical (unpaired) electrons. The van der Waals surface area contributed by atoms with E-state index >= 15 is 0 Å². The zero-order valence-corrected chi connectivity index (χ0v) is 9.40. The number of aromatic nitrogens is 2. The molecule has 1 aromatic carbocycles. The lowest BCUT2D eigenvalue weighted by atomic mass is 10.2. The number of carbonyl (C=O) groups excluding carboxylic acids is 1. The van der Waals surface area contributed by atoms with Crippen LogP contribution in [-0.4, -0.2) is 15.3 Å². The van der Waals surface area contributed by atoms with Crippen LogP contribution >= 0.6 is 0 Å². The number of hydrogen-bond donors (Lipinski definition) is 1. The molecule has 0 aliphatic carbocycles. The quantitative estimate of drug-likeness (QED) is 0.845. The van der Waals surface area contributed by atoms with Crippen LogP contribution in [0.1, 0.15) is 13.3 Å². The van der Waals surface area contributed by atoms with E-state index in [-0.39, 0.29) is 24.3 Å². The molecule has 88 valence electrons. The second kappa shape index (κ2) is 4.37. The Kier molecular flexibility index (Phi) is 2.91. The van der Waals surface area contributed by atoms with Crippen LogP contribution in [0.5, 0.6) is 0 Å². The van der Waals surface area contributed by atoms with Crippen LogP contribution in [-0.2, 0) is 11.3 Å². The largest absolute Gasteiger partial charge is 0.328 e. The van der Waals surface area contributed by atoms with E-state index in [9.17, 15) is 14.4 Å². The van der Waals surface area contributed by atoms with Gasteiger partial charge in [0.15, 0.2) is 0 Å². The fraction of sp³-hybridized carbons (Fsp3) is 0.250. The Morgan fingerprint density at radius 3 is 2.71 bits per heavy atom. The van der Waals surface area contributed by atoms with Gasteiger partial charge in [-0.3, -0.25) is 14.2 Å². The van der Waals surface area contributed by atoms with Gasteiger partial charge in [-0.2, -0.15) is 0 Å². The van der Waals surface area contributed by atoms with Crippen molar-refractivity contribution < 1.29 is 4.79 Å². The first-order chi connectivity index (χ1) is 8.09. The molecule has 0 spiro atoms. The Labute approximate surface area is 96.7 Å². The summed E-state index contributed by atoms with van der Waals surface area (Å²) in [6.07, 6.45) is 0.182. The van der Waals surface area contributed by atoms with Gasteiger partial charge in [0.25, 0.3) is 5.56 Å². The lowest BCUT2D eigenvalue weighted by Crippen LogP contribution is -2.35. The number of rotatable bonds is 3. The lowest BCUT2D eigenvalue weighted by molar-refractivity contribution is -0.117. The number of carbonyl (C=O) groups is 1. The van der Waals surface area contributed by atoms with Crippen LogP contribution in [0.25, 0.3) is 10.9 Å². The number of H-pyrrole nitrogens is 1. The Bertz CT molecular complexity index is 682. The second-order valence-corrected chi connectivity index (χ2v) is 3.88. The first kappa shape index (κ1) is 11.3. The van der Waals surface area contributed by atoms with Crippen LogP contribution in [0.3, 0.4) is 0 Å². The summed E-state index contributed by atoms with van der Waals surface area (Å²) >= 11 is 0. The van der Waals surface area contributed by atoms with Gasteiger partial charge < -0.3 is 4.98 Å². The number of ketones is 1. The first-order valence-corrected chi connectivity index (χ1v) is 5.31. The molecular weight excluding hydrogens is 220 g/mol. The Hall–Kier alpha value is -2.17. The van der Waals surface area contributed by atoms with Gasteiger partial charge in [-0.15, -0.1) is 0 Å². The van der Waals surface area contributed by atoms with E-state index in [0.29, 0.717) is 10.9 Å². The molecule has 5 heteroatoms. The number of benzene rings is 1. The van der Waals surface area contributed by atoms with E-state index in [2.05, 4.69) is 4.98 Å². The average molecular weight is 232 g/mol. The number of hydrogen-bond acceptors (Lipinski definition) is 3. The molecule has 5 nitrogen and oxygen atoms in total. The van der Waals surface area contributed by atoms with Gasteiger partial charge in [0.1, 0.15) is 5.78 Å². The first-order valence-electron chi connectivity index (χ1n) is 5.31. The Balaban J connectivity index is 2.60. The molecular formula is C12H12N2O3. The van der Waals surface area contributed by atoms with Crippen molar-refractivity contribution in [1.82, 2.24) is 9.55 Å². The Morgan fingerprint density at radius 1 is 1.29 bits per heavy atom. The van der Waals surface area contributed by atoms with Gasteiger partial charge in [-0.25, -0.2) is 4.79 Å². The van der Waals surface area contributed by atoms with E-state index in [0.717, 1.165) is 4.57 Å². The SMILES string of the molecule is CC(=O)CCn1c(=O)[nH]c2ccccc2c1=O. The number of para-hydroxylation sites is 1. The molecule has 0 aliphatic rings. The third kappa shape index (κ3) is 2.18. The minimum Gasteiger partial charge on any atom is -0.307 e. The minimum absolute atomic E-state index is 0.0514. The maximum absolute atomic E-state index is 12.0. The molecule has 0 saturated carbocycles. The summed E-state index contributed by atoms with van der Waals surface area (Å²) in [6.45, 7) is 1.55. The zero-order chi connectivity index (χ0) is 12.4. The van der Waals surface area contributed by atoms with Crippen molar-refractivity contribution >= 4 is 16.7 Å². The minimum atomic E-state index is -0.477. The highest BCUT2D eigenvalue weighted by atomic mass is 16.2. The highest BCUT2D eigenvalue weighted by molar-refractivity contribution is 5.77. The second-order valence-electron chi connectivity index (χ2n) is 3.88. The van der Waals surface area contributed by atoms with Crippen molar-refractivity contribution in [1.29, 1.82) is 0 Å². The predicted octanol–water partition coefficient (Wildman–Crippen LogP) is 0.669. The van der Waals surface area contributed by atoms with E-state index in [1.54, 1.807) is 24.3 Å². The van der Waals surface area contributed by atoms with Crippen molar-refractivity contribution in [3.63, 3.8) is 0 Å². The standard InChI is InChI=1S/C12H12N2O3/c1-8(15)6-7-14-11(16)9-4-2-3-5-10(9)13-12(14)17/h2-5H,6-7H2,1H3,(H,13,17). The van der Waals surface area contributed by atoms with Crippen LogP contribution in [0.2, 0.25) is 0 Å². The summed E-state index contributed by atoms with van der Waals surface area (Å²) in [5, 5.41) is 0.454.